The van der Waals surface area contributed by atoms with Crippen LogP contribution in [0.5, 0.6) is 11.5 Å². The lowest BCUT2D eigenvalue weighted by Gasteiger charge is -2.08. The van der Waals surface area contributed by atoms with E-state index in [9.17, 15) is 4.79 Å². The lowest BCUT2D eigenvalue weighted by molar-refractivity contribution is 0.104. The van der Waals surface area contributed by atoms with Crippen LogP contribution >= 0.6 is 11.3 Å². The second-order valence-corrected chi connectivity index (χ2v) is 5.63. The highest BCUT2D eigenvalue weighted by Gasteiger charge is 2.15. The average molecular weight is 298 g/mol. The Labute approximate surface area is 126 Å². The number of hydrogen-bond donors (Lipinski definition) is 0. The highest BCUT2D eigenvalue weighted by Crippen LogP contribution is 2.31. The van der Waals surface area contributed by atoms with E-state index in [4.69, 9.17) is 9.47 Å². The van der Waals surface area contributed by atoms with Crippen LogP contribution in [0.15, 0.2) is 48.5 Å². The molecule has 1 heterocycles. The molecule has 0 amide bonds. The third-order valence-electron chi connectivity index (χ3n) is 3.30. The van der Waals surface area contributed by atoms with Gasteiger partial charge in [-0.1, -0.05) is 18.2 Å². The number of methoxy groups -OCH3 is 2. The molecular formula is C17H14O3S. The van der Waals surface area contributed by atoms with Gasteiger partial charge in [0, 0.05) is 10.3 Å². The van der Waals surface area contributed by atoms with Crippen molar-refractivity contribution >= 4 is 27.2 Å². The van der Waals surface area contributed by atoms with Crippen molar-refractivity contribution in [1.29, 1.82) is 0 Å². The number of carbonyl (C=O) groups is 1. The van der Waals surface area contributed by atoms with E-state index >= 15 is 0 Å². The van der Waals surface area contributed by atoms with Gasteiger partial charge in [-0.25, -0.2) is 0 Å². The van der Waals surface area contributed by atoms with E-state index in [2.05, 4.69) is 0 Å². The summed E-state index contributed by atoms with van der Waals surface area (Å²) in [7, 11) is 3.14. The fourth-order valence-electron chi connectivity index (χ4n) is 2.21. The van der Waals surface area contributed by atoms with E-state index < -0.39 is 0 Å². The zero-order valence-electron chi connectivity index (χ0n) is 11.8. The lowest BCUT2D eigenvalue weighted by atomic mass is 10.1. The van der Waals surface area contributed by atoms with Crippen LogP contribution in [0.1, 0.15) is 15.2 Å². The molecule has 0 radical (unpaired) electrons. The van der Waals surface area contributed by atoms with E-state index in [1.165, 1.54) is 11.3 Å². The van der Waals surface area contributed by atoms with Gasteiger partial charge in [-0.3, -0.25) is 4.79 Å². The molecule has 0 saturated heterocycles. The van der Waals surface area contributed by atoms with Crippen LogP contribution in [0.2, 0.25) is 0 Å². The number of carbonyl (C=O) groups excluding carboxylic acids is 1. The highest BCUT2D eigenvalue weighted by atomic mass is 32.1. The van der Waals surface area contributed by atoms with Gasteiger partial charge in [0.1, 0.15) is 0 Å². The monoisotopic (exact) mass is 298 g/mol. The van der Waals surface area contributed by atoms with Crippen molar-refractivity contribution < 1.29 is 14.3 Å². The Balaban J connectivity index is 2.01. The van der Waals surface area contributed by atoms with Gasteiger partial charge >= 0.3 is 0 Å². The van der Waals surface area contributed by atoms with Crippen molar-refractivity contribution in [3.8, 4) is 11.5 Å². The minimum atomic E-state index is -0.00264. The van der Waals surface area contributed by atoms with Crippen LogP contribution in [-0.2, 0) is 0 Å². The molecule has 3 rings (SSSR count). The first-order valence-electron chi connectivity index (χ1n) is 6.48. The fourth-order valence-corrected chi connectivity index (χ4v) is 3.24. The van der Waals surface area contributed by atoms with Crippen LogP contribution in [-0.4, -0.2) is 20.0 Å². The molecule has 2 aromatic carbocycles. The Morgan fingerprint density at radius 2 is 1.71 bits per heavy atom. The van der Waals surface area contributed by atoms with Gasteiger partial charge in [0.25, 0.3) is 0 Å². The minimum absolute atomic E-state index is 0.00264. The largest absolute Gasteiger partial charge is 0.493 e. The average Bonchev–Trinajstić information content (AvgIpc) is 2.97. The summed E-state index contributed by atoms with van der Waals surface area (Å²) in [6.45, 7) is 0. The van der Waals surface area contributed by atoms with E-state index in [1.807, 2.05) is 30.3 Å². The SMILES string of the molecule is COc1ccc(C(=O)c2cc3ccccc3s2)cc1OC. The van der Waals surface area contributed by atoms with Gasteiger partial charge < -0.3 is 9.47 Å². The molecule has 3 nitrogen and oxygen atoms in total. The molecule has 21 heavy (non-hydrogen) atoms. The van der Waals surface area contributed by atoms with Gasteiger partial charge in [0.05, 0.1) is 19.1 Å². The van der Waals surface area contributed by atoms with Gasteiger partial charge in [-0.15, -0.1) is 11.3 Å². The van der Waals surface area contributed by atoms with Crippen LogP contribution in [0.4, 0.5) is 0 Å². The number of rotatable bonds is 4. The summed E-state index contributed by atoms with van der Waals surface area (Å²) < 4.78 is 11.6. The van der Waals surface area contributed by atoms with Gasteiger partial charge in [0.15, 0.2) is 11.5 Å². The normalized spacial score (nSPS) is 10.6. The van der Waals surface area contributed by atoms with E-state index in [-0.39, 0.29) is 5.78 Å². The fraction of sp³-hybridized carbons (Fsp3) is 0.118. The Kier molecular flexibility index (Phi) is 3.62. The Bertz CT molecular complexity index is 772. The second kappa shape index (κ2) is 5.58. The van der Waals surface area contributed by atoms with Crippen molar-refractivity contribution in [2.75, 3.05) is 14.2 Å². The zero-order chi connectivity index (χ0) is 14.8. The number of fused-ring (bicyclic) bond motifs is 1. The third-order valence-corrected chi connectivity index (χ3v) is 4.41. The van der Waals surface area contributed by atoms with Crippen molar-refractivity contribution in [2.24, 2.45) is 0 Å². The van der Waals surface area contributed by atoms with Crippen LogP contribution in [0.3, 0.4) is 0 Å². The highest BCUT2D eigenvalue weighted by molar-refractivity contribution is 7.21. The van der Waals surface area contributed by atoms with E-state index in [0.717, 1.165) is 15.0 Å². The van der Waals surface area contributed by atoms with Crippen molar-refractivity contribution in [1.82, 2.24) is 0 Å². The number of thiophene rings is 1. The molecule has 0 aliphatic heterocycles. The lowest BCUT2D eigenvalue weighted by Crippen LogP contribution is -2.00. The summed E-state index contributed by atoms with van der Waals surface area (Å²) in [5.74, 6) is 1.17. The molecule has 1 aromatic heterocycles. The van der Waals surface area contributed by atoms with Gasteiger partial charge in [-0.05, 0) is 35.7 Å². The predicted molar refractivity (Wildman–Crippen MR) is 84.8 cm³/mol. The quantitative estimate of drug-likeness (QED) is 0.679. The van der Waals surface area contributed by atoms with Crippen molar-refractivity contribution in [3.05, 3.63) is 59.0 Å². The first-order valence-corrected chi connectivity index (χ1v) is 7.30. The summed E-state index contributed by atoms with van der Waals surface area (Å²) in [4.78, 5) is 13.3. The third kappa shape index (κ3) is 2.50. The molecule has 0 fully saturated rings. The topological polar surface area (TPSA) is 35.5 Å². The minimum Gasteiger partial charge on any atom is -0.493 e. The van der Waals surface area contributed by atoms with E-state index in [0.29, 0.717) is 17.1 Å². The number of ether oxygens (including phenoxy) is 2. The number of ketones is 1. The maximum Gasteiger partial charge on any atom is 0.203 e. The molecule has 0 unspecified atom stereocenters. The summed E-state index contributed by atoms with van der Waals surface area (Å²) in [5, 5.41) is 1.09. The number of hydrogen-bond acceptors (Lipinski definition) is 4. The Morgan fingerprint density at radius 3 is 2.43 bits per heavy atom. The van der Waals surface area contributed by atoms with Gasteiger partial charge in [-0.2, -0.15) is 0 Å². The molecule has 106 valence electrons. The van der Waals surface area contributed by atoms with Gasteiger partial charge in [0.2, 0.25) is 5.78 Å². The summed E-state index contributed by atoms with van der Waals surface area (Å²) in [6.07, 6.45) is 0. The number of benzene rings is 2. The zero-order valence-corrected chi connectivity index (χ0v) is 12.6. The Morgan fingerprint density at radius 1 is 0.952 bits per heavy atom. The molecular weight excluding hydrogens is 284 g/mol. The molecule has 0 aliphatic carbocycles. The standard InChI is InChI=1S/C17H14O3S/c1-19-13-8-7-12(9-14(13)20-2)17(18)16-10-11-5-3-4-6-15(11)21-16/h3-10H,1-2H3. The van der Waals surface area contributed by atoms with Crippen molar-refractivity contribution in [3.63, 3.8) is 0 Å². The molecule has 0 bridgehead atoms. The predicted octanol–water partition coefficient (Wildman–Crippen LogP) is 4.15. The van der Waals surface area contributed by atoms with Crippen LogP contribution in [0, 0.1) is 0 Å². The van der Waals surface area contributed by atoms with Crippen molar-refractivity contribution in [2.45, 2.75) is 0 Å². The molecule has 0 spiro atoms. The summed E-state index contributed by atoms with van der Waals surface area (Å²) in [6, 6.07) is 15.1. The molecule has 0 saturated carbocycles. The van der Waals surface area contributed by atoms with E-state index in [1.54, 1.807) is 32.4 Å². The summed E-state index contributed by atoms with van der Waals surface area (Å²) in [5.41, 5.74) is 0.596. The summed E-state index contributed by atoms with van der Waals surface area (Å²) >= 11 is 1.50. The Hall–Kier alpha value is -2.33. The maximum atomic E-state index is 12.6. The molecule has 0 atom stereocenters. The first-order chi connectivity index (χ1) is 10.2. The smallest absolute Gasteiger partial charge is 0.203 e. The maximum absolute atomic E-state index is 12.6. The van der Waals surface area contributed by atoms with Crippen LogP contribution < -0.4 is 9.47 Å². The molecule has 0 aliphatic rings. The molecule has 3 aromatic rings. The molecule has 0 N–H and O–H groups in total. The second-order valence-electron chi connectivity index (χ2n) is 4.55. The first kappa shape index (κ1) is 13.6. The molecule has 4 heteroatoms. The van der Waals surface area contributed by atoms with Crippen LogP contribution in [0.25, 0.3) is 10.1 Å².